The fraction of sp³-hybridized carbons (Fsp3) is 0.964. The molecule has 4 aliphatic rings. The van der Waals surface area contributed by atoms with Crippen molar-refractivity contribution in [2.75, 3.05) is 0 Å². The molecule has 0 aromatic carbocycles. The lowest BCUT2D eigenvalue weighted by Gasteiger charge is -2.61. The van der Waals surface area contributed by atoms with Crippen LogP contribution < -0.4 is 0 Å². The number of ketones is 1. The number of hydrogen-bond donors (Lipinski definition) is 1. The molecule has 0 amide bonds. The molecule has 2 heteroatoms. The third-order valence-electron chi connectivity index (χ3n) is 11.5. The van der Waals surface area contributed by atoms with Gasteiger partial charge in [-0.2, -0.15) is 0 Å². The molecule has 4 saturated carbocycles. The van der Waals surface area contributed by atoms with Gasteiger partial charge in [-0.15, -0.1) is 0 Å². The molecular formula is C28H48O2. The maximum Gasteiger partial charge on any atom is 0.136 e. The molecule has 0 spiro atoms. The molecule has 172 valence electrons. The van der Waals surface area contributed by atoms with Gasteiger partial charge in [-0.05, 0) is 85.4 Å². The molecule has 4 rings (SSSR count). The number of hydrogen-bond acceptors (Lipinski definition) is 2. The molecule has 0 radical (unpaired) electrons. The lowest BCUT2D eigenvalue weighted by Crippen LogP contribution is -2.60. The summed E-state index contributed by atoms with van der Waals surface area (Å²) in [7, 11) is 0. The Bertz CT molecular complexity index is 641. The highest BCUT2D eigenvalue weighted by atomic mass is 16.3. The van der Waals surface area contributed by atoms with Gasteiger partial charge in [0.1, 0.15) is 5.78 Å². The summed E-state index contributed by atoms with van der Waals surface area (Å²) in [6.07, 6.45) is 11.4. The zero-order valence-electron chi connectivity index (χ0n) is 20.6. The van der Waals surface area contributed by atoms with Gasteiger partial charge in [-0.3, -0.25) is 4.79 Å². The predicted octanol–water partition coefficient (Wildman–Crippen LogP) is 6.89. The van der Waals surface area contributed by atoms with Gasteiger partial charge < -0.3 is 5.11 Å². The maximum atomic E-state index is 13.3. The van der Waals surface area contributed by atoms with Gasteiger partial charge in [0, 0.05) is 17.8 Å². The summed E-state index contributed by atoms with van der Waals surface area (Å²) in [5, 5.41) is 11.1. The Balaban J connectivity index is 1.52. The highest BCUT2D eigenvalue weighted by Gasteiger charge is 2.63. The van der Waals surface area contributed by atoms with E-state index in [4.69, 9.17) is 0 Å². The van der Waals surface area contributed by atoms with Crippen molar-refractivity contribution in [3.05, 3.63) is 0 Å². The first kappa shape index (κ1) is 22.8. The van der Waals surface area contributed by atoms with E-state index < -0.39 is 0 Å². The van der Waals surface area contributed by atoms with Crippen molar-refractivity contribution in [2.45, 2.75) is 112 Å². The molecule has 30 heavy (non-hydrogen) atoms. The van der Waals surface area contributed by atoms with Crippen molar-refractivity contribution >= 4 is 5.78 Å². The molecular weight excluding hydrogens is 368 g/mol. The van der Waals surface area contributed by atoms with Gasteiger partial charge in [0.2, 0.25) is 0 Å². The Labute approximate surface area is 186 Å². The summed E-state index contributed by atoms with van der Waals surface area (Å²) in [6, 6.07) is 0. The molecule has 0 aromatic heterocycles. The average molecular weight is 417 g/mol. The number of aliphatic hydroxyl groups excluding tert-OH is 1. The minimum absolute atomic E-state index is 0.125. The molecule has 0 heterocycles. The van der Waals surface area contributed by atoms with Crippen LogP contribution in [-0.2, 0) is 4.79 Å². The normalized spacial score (nSPS) is 48.1. The molecule has 2 unspecified atom stereocenters. The number of carbonyl (C=O) groups is 1. The maximum absolute atomic E-state index is 13.3. The summed E-state index contributed by atoms with van der Waals surface area (Å²) < 4.78 is 0. The lowest BCUT2D eigenvalue weighted by molar-refractivity contribution is -0.176. The fourth-order valence-electron chi connectivity index (χ4n) is 9.14. The summed E-state index contributed by atoms with van der Waals surface area (Å²) >= 11 is 0. The van der Waals surface area contributed by atoms with Crippen LogP contribution in [0.1, 0.15) is 106 Å². The second kappa shape index (κ2) is 8.20. The summed E-state index contributed by atoms with van der Waals surface area (Å²) in [5.74, 6) is 5.60. The highest BCUT2D eigenvalue weighted by Crippen LogP contribution is 2.67. The Morgan fingerprint density at radius 3 is 2.40 bits per heavy atom. The minimum atomic E-state index is -0.272. The molecule has 4 fully saturated rings. The first-order valence-electron chi connectivity index (χ1n) is 13.3. The van der Waals surface area contributed by atoms with E-state index in [2.05, 4.69) is 41.5 Å². The monoisotopic (exact) mass is 416 g/mol. The first-order chi connectivity index (χ1) is 14.1. The van der Waals surface area contributed by atoms with Gasteiger partial charge in [0.05, 0.1) is 6.10 Å². The van der Waals surface area contributed by atoms with Crippen LogP contribution in [-0.4, -0.2) is 17.0 Å². The smallest absolute Gasteiger partial charge is 0.136 e. The van der Waals surface area contributed by atoms with E-state index in [-0.39, 0.29) is 17.4 Å². The number of fused-ring (bicyclic) bond motifs is 5. The van der Waals surface area contributed by atoms with Crippen LogP contribution in [0.15, 0.2) is 0 Å². The molecule has 0 aliphatic heterocycles. The third-order valence-corrected chi connectivity index (χ3v) is 11.5. The molecule has 0 bridgehead atoms. The van der Waals surface area contributed by atoms with Gasteiger partial charge in [-0.25, -0.2) is 0 Å². The van der Waals surface area contributed by atoms with Crippen molar-refractivity contribution in [3.8, 4) is 0 Å². The van der Waals surface area contributed by atoms with Crippen LogP contribution in [0.4, 0.5) is 0 Å². The number of carbonyl (C=O) groups excluding carboxylic acids is 1. The standard InChI is InChI=1S/C28H48O2/c1-17(2)18(3)10-11-19(4)21-12-13-22-20-16-25(29)24-8-7-9-26(30)28(24,6)23(20)14-15-27(21,22)5/h17-24,26,30H,7-16H2,1-6H3/t18-,19-,20+,21-,22+,23+,24?,26?,27-,28-/m1/s1. The van der Waals surface area contributed by atoms with E-state index in [1.165, 1.54) is 38.5 Å². The van der Waals surface area contributed by atoms with E-state index in [1.807, 2.05) is 0 Å². The van der Waals surface area contributed by atoms with E-state index in [1.54, 1.807) is 0 Å². The minimum Gasteiger partial charge on any atom is -0.393 e. The lowest BCUT2D eigenvalue weighted by atomic mass is 9.43. The number of Topliss-reactive ketones (excluding diaryl/α,β-unsaturated/α-hetero) is 1. The predicted molar refractivity (Wildman–Crippen MR) is 124 cm³/mol. The largest absolute Gasteiger partial charge is 0.393 e. The summed E-state index contributed by atoms with van der Waals surface area (Å²) in [4.78, 5) is 13.3. The van der Waals surface area contributed by atoms with E-state index in [9.17, 15) is 9.90 Å². The molecule has 2 nitrogen and oxygen atoms in total. The van der Waals surface area contributed by atoms with Crippen molar-refractivity contribution in [3.63, 3.8) is 0 Å². The van der Waals surface area contributed by atoms with Gasteiger partial charge in [0.15, 0.2) is 0 Å². The van der Waals surface area contributed by atoms with Crippen molar-refractivity contribution in [2.24, 2.45) is 58.2 Å². The van der Waals surface area contributed by atoms with Crippen LogP contribution >= 0.6 is 0 Å². The zero-order valence-corrected chi connectivity index (χ0v) is 20.6. The topological polar surface area (TPSA) is 37.3 Å². The van der Waals surface area contributed by atoms with Crippen LogP contribution in [0.25, 0.3) is 0 Å². The van der Waals surface area contributed by atoms with Crippen LogP contribution in [0.5, 0.6) is 0 Å². The Morgan fingerprint density at radius 2 is 1.70 bits per heavy atom. The first-order valence-corrected chi connectivity index (χ1v) is 13.3. The van der Waals surface area contributed by atoms with Crippen molar-refractivity contribution in [1.29, 1.82) is 0 Å². The molecule has 0 aromatic rings. The fourth-order valence-corrected chi connectivity index (χ4v) is 9.14. The summed E-state index contributed by atoms with van der Waals surface area (Å²) in [5.41, 5.74) is 0.251. The zero-order chi connectivity index (χ0) is 21.8. The third kappa shape index (κ3) is 3.43. The Morgan fingerprint density at radius 1 is 0.967 bits per heavy atom. The van der Waals surface area contributed by atoms with Crippen LogP contribution in [0, 0.1) is 58.2 Å². The highest BCUT2D eigenvalue weighted by molar-refractivity contribution is 5.83. The SMILES string of the molecule is CC(C)[C@H](C)CC[C@@H](C)[C@H]1CC[C@H]2[C@@H]3CC(=O)C4CCCC(O)[C@]4(C)[C@H]3CC[C@]12C. The Kier molecular flexibility index (Phi) is 6.23. The quantitative estimate of drug-likeness (QED) is 0.529. The Hall–Kier alpha value is -0.370. The second-order valence-electron chi connectivity index (χ2n) is 12.9. The average Bonchev–Trinajstić information content (AvgIpc) is 3.05. The van der Waals surface area contributed by atoms with Gasteiger partial charge in [-0.1, -0.05) is 60.8 Å². The van der Waals surface area contributed by atoms with E-state index in [0.29, 0.717) is 29.0 Å². The second-order valence-corrected chi connectivity index (χ2v) is 12.9. The number of rotatable bonds is 5. The number of aliphatic hydroxyl groups is 1. The van der Waals surface area contributed by atoms with Gasteiger partial charge >= 0.3 is 0 Å². The molecule has 10 atom stereocenters. The van der Waals surface area contributed by atoms with Crippen molar-refractivity contribution in [1.82, 2.24) is 0 Å². The van der Waals surface area contributed by atoms with Gasteiger partial charge in [0.25, 0.3) is 0 Å². The van der Waals surface area contributed by atoms with Crippen LogP contribution in [0.2, 0.25) is 0 Å². The van der Waals surface area contributed by atoms with E-state index in [0.717, 1.165) is 49.4 Å². The van der Waals surface area contributed by atoms with E-state index >= 15 is 0 Å². The molecule has 1 N–H and O–H groups in total. The molecule has 4 aliphatic carbocycles. The van der Waals surface area contributed by atoms with Crippen LogP contribution in [0.3, 0.4) is 0 Å². The van der Waals surface area contributed by atoms with Crippen molar-refractivity contribution < 1.29 is 9.90 Å². The summed E-state index contributed by atoms with van der Waals surface area (Å²) in [6.45, 7) is 14.5. The molecule has 0 saturated heterocycles.